The van der Waals surface area contributed by atoms with E-state index in [0.29, 0.717) is 27.8 Å². The Kier molecular flexibility index (Phi) is 6.39. The van der Waals surface area contributed by atoms with Crippen molar-refractivity contribution in [2.75, 3.05) is 0 Å². The molecule has 0 N–H and O–H groups in total. The van der Waals surface area contributed by atoms with E-state index in [9.17, 15) is 14.4 Å². The van der Waals surface area contributed by atoms with Gasteiger partial charge >= 0.3 is 5.97 Å². The molecule has 0 spiro atoms. The summed E-state index contributed by atoms with van der Waals surface area (Å²) in [6, 6.07) is 16.4. The van der Waals surface area contributed by atoms with Crippen LogP contribution < -0.4 is 0 Å². The summed E-state index contributed by atoms with van der Waals surface area (Å²) in [6.45, 7) is 13.6. The lowest BCUT2D eigenvalue weighted by Gasteiger charge is -2.50. The van der Waals surface area contributed by atoms with Gasteiger partial charge in [-0.2, -0.15) is 0 Å². The van der Waals surface area contributed by atoms with Gasteiger partial charge < -0.3 is 4.74 Å². The van der Waals surface area contributed by atoms with E-state index in [0.717, 1.165) is 24.5 Å². The summed E-state index contributed by atoms with van der Waals surface area (Å²) in [4.78, 5) is 41.6. The molecule has 3 aliphatic carbocycles. The molecular formula is C31H36O4Si2. The van der Waals surface area contributed by atoms with Crippen LogP contribution in [0.5, 0.6) is 0 Å². The van der Waals surface area contributed by atoms with Crippen LogP contribution in [0.15, 0.2) is 76.1 Å². The van der Waals surface area contributed by atoms with E-state index >= 15 is 0 Å². The Hall–Kier alpha value is -2.84. The number of ketones is 2. The summed E-state index contributed by atoms with van der Waals surface area (Å²) in [5, 5.41) is 2.32. The molecule has 0 aliphatic heterocycles. The van der Waals surface area contributed by atoms with E-state index in [1.165, 1.54) is 5.20 Å². The second-order valence-corrected chi connectivity index (χ2v) is 22.7. The third-order valence-corrected chi connectivity index (χ3v) is 12.5. The Morgan fingerprint density at radius 2 is 1.24 bits per heavy atom. The molecule has 0 amide bonds. The maximum absolute atomic E-state index is 14.2. The molecule has 0 radical (unpaired) electrons. The van der Waals surface area contributed by atoms with Gasteiger partial charge in [-0.05, 0) is 37.3 Å². The fourth-order valence-electron chi connectivity index (χ4n) is 6.83. The van der Waals surface area contributed by atoms with E-state index < -0.39 is 16.1 Å². The zero-order valence-corrected chi connectivity index (χ0v) is 24.7. The molecule has 3 aliphatic rings. The zero-order chi connectivity index (χ0) is 26.7. The van der Waals surface area contributed by atoms with Gasteiger partial charge in [-0.15, -0.1) is 0 Å². The molecule has 0 aromatic heterocycles. The summed E-state index contributed by atoms with van der Waals surface area (Å²) >= 11 is 0. The first-order chi connectivity index (χ1) is 17.4. The number of fused-ring (bicyclic) bond motifs is 3. The molecule has 0 unspecified atom stereocenters. The van der Waals surface area contributed by atoms with Crippen molar-refractivity contribution < 1.29 is 19.1 Å². The Balaban J connectivity index is 1.75. The van der Waals surface area contributed by atoms with Crippen LogP contribution in [0.1, 0.15) is 50.3 Å². The smallest absolute Gasteiger partial charge is 0.338 e. The molecule has 37 heavy (non-hydrogen) atoms. The Labute approximate surface area is 221 Å². The molecule has 1 fully saturated rings. The maximum Gasteiger partial charge on any atom is 0.338 e. The van der Waals surface area contributed by atoms with Gasteiger partial charge in [0.25, 0.3) is 0 Å². The second kappa shape index (κ2) is 9.17. The SMILES string of the molecule is C[Si](C)(C)C1=C2C(=O)c3ccccc3C(=O)C2=C([Si](C)(C)C)[C@@H]2CCC[C@@H](OC(=O)c3ccccc3)[C@H]12. The summed E-state index contributed by atoms with van der Waals surface area (Å²) in [6.07, 6.45) is 2.35. The van der Waals surface area contributed by atoms with Gasteiger partial charge in [-0.1, -0.05) is 92.1 Å². The van der Waals surface area contributed by atoms with Gasteiger partial charge in [0.1, 0.15) is 6.10 Å². The molecule has 0 heterocycles. The number of hydrogen-bond acceptors (Lipinski definition) is 4. The number of ether oxygens (including phenoxy) is 1. The highest BCUT2D eigenvalue weighted by atomic mass is 28.3. The normalized spacial score (nSPS) is 23.9. The van der Waals surface area contributed by atoms with Crippen LogP contribution >= 0.6 is 0 Å². The van der Waals surface area contributed by atoms with Gasteiger partial charge in [0.15, 0.2) is 11.6 Å². The topological polar surface area (TPSA) is 60.4 Å². The van der Waals surface area contributed by atoms with E-state index in [-0.39, 0.29) is 35.5 Å². The molecule has 2 aromatic rings. The maximum atomic E-state index is 14.2. The van der Waals surface area contributed by atoms with Crippen molar-refractivity contribution in [3.8, 4) is 0 Å². The Bertz CT molecular complexity index is 1360. The Morgan fingerprint density at radius 1 is 0.730 bits per heavy atom. The molecule has 3 atom stereocenters. The lowest BCUT2D eigenvalue weighted by atomic mass is 9.67. The number of esters is 1. The van der Waals surface area contributed by atoms with Gasteiger partial charge in [0, 0.05) is 28.2 Å². The van der Waals surface area contributed by atoms with Gasteiger partial charge in [0.05, 0.1) is 21.7 Å². The van der Waals surface area contributed by atoms with Crippen molar-refractivity contribution in [3.05, 3.63) is 92.8 Å². The third-order valence-electron chi connectivity index (χ3n) is 8.08. The molecular weight excluding hydrogens is 493 g/mol. The van der Waals surface area contributed by atoms with Gasteiger partial charge in [0.2, 0.25) is 0 Å². The van der Waals surface area contributed by atoms with Crippen LogP contribution in [0.3, 0.4) is 0 Å². The summed E-state index contributed by atoms with van der Waals surface area (Å²) in [5.41, 5.74) is 2.91. The highest BCUT2D eigenvalue weighted by Gasteiger charge is 2.53. The summed E-state index contributed by atoms with van der Waals surface area (Å²) in [7, 11) is -4.17. The van der Waals surface area contributed by atoms with Crippen LogP contribution in [0.2, 0.25) is 39.3 Å². The Morgan fingerprint density at radius 3 is 1.78 bits per heavy atom. The molecule has 4 nitrogen and oxygen atoms in total. The number of rotatable bonds is 4. The molecule has 2 aromatic carbocycles. The van der Waals surface area contributed by atoms with Crippen molar-refractivity contribution in [1.82, 2.24) is 0 Å². The number of hydrogen-bond donors (Lipinski definition) is 0. The highest BCUT2D eigenvalue weighted by molar-refractivity contribution is 6.85. The van der Waals surface area contributed by atoms with Crippen LogP contribution in [-0.2, 0) is 4.74 Å². The summed E-state index contributed by atoms with van der Waals surface area (Å²) in [5.74, 6) is -0.283. The second-order valence-electron chi connectivity index (χ2n) is 12.7. The minimum absolute atomic E-state index is 0.000212. The quantitative estimate of drug-likeness (QED) is 0.315. The monoisotopic (exact) mass is 528 g/mol. The third kappa shape index (κ3) is 4.34. The molecule has 1 saturated carbocycles. The van der Waals surface area contributed by atoms with Crippen molar-refractivity contribution in [2.24, 2.45) is 11.8 Å². The minimum atomic E-state index is -2.13. The highest BCUT2D eigenvalue weighted by Crippen LogP contribution is 2.54. The van der Waals surface area contributed by atoms with Gasteiger partial charge in [-0.25, -0.2) is 4.79 Å². The van der Waals surface area contributed by atoms with E-state index in [2.05, 4.69) is 39.3 Å². The number of Topliss-reactive ketones (excluding diaryl/α,β-unsaturated/α-hetero) is 2. The van der Waals surface area contributed by atoms with E-state index in [1.807, 2.05) is 30.3 Å². The first-order valence-electron chi connectivity index (χ1n) is 13.4. The number of carbonyl (C=O) groups excluding carboxylic acids is 3. The number of carbonyl (C=O) groups is 3. The van der Waals surface area contributed by atoms with Crippen LogP contribution in [0.4, 0.5) is 0 Å². The first kappa shape index (κ1) is 25.8. The largest absolute Gasteiger partial charge is 0.458 e. The lowest BCUT2D eigenvalue weighted by Crippen LogP contribution is -2.52. The van der Waals surface area contributed by atoms with Crippen LogP contribution in [0.25, 0.3) is 0 Å². The molecule has 5 rings (SSSR count). The van der Waals surface area contributed by atoms with Gasteiger partial charge in [-0.3, -0.25) is 9.59 Å². The fourth-order valence-corrected chi connectivity index (χ4v) is 11.6. The molecule has 6 heteroatoms. The average molecular weight is 529 g/mol. The minimum Gasteiger partial charge on any atom is -0.458 e. The fraction of sp³-hybridized carbons (Fsp3) is 0.387. The van der Waals surface area contributed by atoms with Crippen molar-refractivity contribution >= 4 is 33.7 Å². The van der Waals surface area contributed by atoms with Crippen molar-refractivity contribution in [3.63, 3.8) is 0 Å². The van der Waals surface area contributed by atoms with Crippen LogP contribution in [0, 0.1) is 11.8 Å². The predicted octanol–water partition coefficient (Wildman–Crippen LogP) is 7.07. The van der Waals surface area contributed by atoms with E-state index in [1.54, 1.807) is 24.3 Å². The molecule has 0 saturated heterocycles. The zero-order valence-electron chi connectivity index (χ0n) is 22.7. The van der Waals surface area contributed by atoms with E-state index in [4.69, 9.17) is 4.74 Å². The predicted molar refractivity (Wildman–Crippen MR) is 152 cm³/mol. The lowest BCUT2D eigenvalue weighted by molar-refractivity contribution is 0.000317. The average Bonchev–Trinajstić information content (AvgIpc) is 2.85. The molecule has 0 bridgehead atoms. The molecule has 192 valence electrons. The number of benzene rings is 2. The standard InChI is InChI=1S/C31H36O4Si2/c1-36(2,3)29-22-17-12-18-23(35-31(34)19-13-8-7-9-14-19)24(22)30(37(4,5)6)26-25(29)27(32)20-15-10-11-16-21(20)28(26)33/h7-11,13-16,22-24H,12,17-18H2,1-6H3/t22-,23-,24-/m1/s1. The van der Waals surface area contributed by atoms with Crippen LogP contribution in [-0.4, -0.2) is 39.8 Å². The van der Waals surface area contributed by atoms with Crippen molar-refractivity contribution in [2.45, 2.75) is 64.6 Å². The first-order valence-corrected chi connectivity index (χ1v) is 20.4. The van der Waals surface area contributed by atoms with Crippen molar-refractivity contribution in [1.29, 1.82) is 0 Å². The summed E-state index contributed by atoms with van der Waals surface area (Å²) < 4.78 is 6.29. The number of allylic oxidation sites excluding steroid dienone is 3.